The second-order valence-electron chi connectivity index (χ2n) is 8.65. The van der Waals surface area contributed by atoms with Gasteiger partial charge < -0.3 is 0 Å². The molecule has 0 atom stereocenters. The van der Waals surface area contributed by atoms with Crippen LogP contribution in [0.2, 0.25) is 36.3 Å². The summed E-state index contributed by atoms with van der Waals surface area (Å²) < 4.78 is 0. The molecule has 0 aromatic carbocycles. The van der Waals surface area contributed by atoms with Gasteiger partial charge in [0.15, 0.2) is 5.38 Å². The molecule has 0 bridgehead atoms. The molecule has 0 rings (SSSR count). The van der Waals surface area contributed by atoms with Crippen molar-refractivity contribution >= 4 is 27.7 Å². The Labute approximate surface area is 134 Å². The predicted octanol–water partition coefficient (Wildman–Crippen LogP) is 5.70. The molecular weight excluding hydrogens is 296 g/mol. The average molecular weight is 327 g/mol. The fraction of sp³-hybridized carbons (Fsp3) is 0.765. The van der Waals surface area contributed by atoms with Gasteiger partial charge in [0, 0.05) is 0 Å². The SMILES string of the molecule is CC(C)(C)[Si](C)(C)C#CC(Cl)C#C[Si](C)(C)C(C)(C)C. The molecule has 0 aromatic rings. The molecule has 3 heteroatoms. The van der Waals surface area contributed by atoms with Crippen molar-refractivity contribution in [2.24, 2.45) is 0 Å². The summed E-state index contributed by atoms with van der Waals surface area (Å²) in [7, 11) is -3.16. The summed E-state index contributed by atoms with van der Waals surface area (Å²) in [5.74, 6) is 6.36. The van der Waals surface area contributed by atoms with Gasteiger partial charge in [-0.1, -0.05) is 91.2 Å². The number of hydrogen-bond donors (Lipinski definition) is 0. The molecule has 0 aliphatic rings. The largest absolute Gasteiger partial charge is 0.153 e. The quantitative estimate of drug-likeness (QED) is 0.304. The van der Waals surface area contributed by atoms with Gasteiger partial charge in [0.05, 0.1) is 0 Å². The van der Waals surface area contributed by atoms with Crippen LogP contribution in [0.15, 0.2) is 0 Å². The number of rotatable bonds is 0. The van der Waals surface area contributed by atoms with E-state index in [0.29, 0.717) is 0 Å². The van der Waals surface area contributed by atoms with Crippen LogP contribution in [0, 0.1) is 22.9 Å². The third-order valence-corrected chi connectivity index (χ3v) is 14.0. The van der Waals surface area contributed by atoms with Crippen LogP contribution in [0.4, 0.5) is 0 Å². The summed E-state index contributed by atoms with van der Waals surface area (Å²) in [5, 5.41) is 0.200. The minimum Gasteiger partial charge on any atom is -0.129 e. The Balaban J connectivity index is 5.09. The van der Waals surface area contributed by atoms with Crippen LogP contribution < -0.4 is 0 Å². The Hall–Kier alpha value is -0.156. The molecule has 114 valence electrons. The topological polar surface area (TPSA) is 0 Å². The van der Waals surface area contributed by atoms with Crippen LogP contribution in [0.5, 0.6) is 0 Å². The number of hydrogen-bond acceptors (Lipinski definition) is 0. The highest BCUT2D eigenvalue weighted by Crippen LogP contribution is 2.36. The minimum atomic E-state index is -1.58. The summed E-state index contributed by atoms with van der Waals surface area (Å²) >= 11 is 6.29. The Morgan fingerprint density at radius 1 is 0.700 bits per heavy atom. The van der Waals surface area contributed by atoms with Crippen LogP contribution >= 0.6 is 11.6 Å². The summed E-state index contributed by atoms with van der Waals surface area (Å²) in [6.07, 6.45) is 0. The summed E-state index contributed by atoms with van der Waals surface area (Å²) in [6, 6.07) is 0. The molecule has 0 unspecified atom stereocenters. The highest BCUT2D eigenvalue weighted by Gasteiger charge is 2.34. The fourth-order valence-corrected chi connectivity index (χ4v) is 2.95. The van der Waals surface area contributed by atoms with Gasteiger partial charge >= 0.3 is 0 Å². The van der Waals surface area contributed by atoms with Crippen molar-refractivity contribution in [2.45, 2.75) is 83.2 Å². The van der Waals surface area contributed by atoms with Crippen molar-refractivity contribution in [1.29, 1.82) is 0 Å². The lowest BCUT2D eigenvalue weighted by atomic mass is 10.2. The van der Waals surface area contributed by atoms with E-state index in [9.17, 15) is 0 Å². The van der Waals surface area contributed by atoms with Gasteiger partial charge in [-0.25, -0.2) is 0 Å². The molecule has 0 N–H and O–H groups in total. The Bertz CT molecular complexity index is 410. The van der Waals surface area contributed by atoms with Gasteiger partial charge in [0.25, 0.3) is 0 Å². The minimum absolute atomic E-state index is 0.267. The van der Waals surface area contributed by atoms with Crippen molar-refractivity contribution in [3.8, 4) is 22.9 Å². The monoisotopic (exact) mass is 326 g/mol. The molecule has 0 saturated heterocycles. The molecule has 0 aliphatic heterocycles. The molecule has 0 fully saturated rings. The van der Waals surface area contributed by atoms with E-state index < -0.39 is 16.1 Å². The van der Waals surface area contributed by atoms with E-state index in [1.54, 1.807) is 0 Å². The molecule has 0 aromatic heterocycles. The van der Waals surface area contributed by atoms with E-state index in [4.69, 9.17) is 11.6 Å². The van der Waals surface area contributed by atoms with Crippen LogP contribution in [0.3, 0.4) is 0 Å². The van der Waals surface area contributed by atoms with Crippen LogP contribution in [-0.2, 0) is 0 Å². The second-order valence-corrected chi connectivity index (χ2v) is 19.1. The Kier molecular flexibility index (Phi) is 6.26. The third kappa shape index (κ3) is 5.68. The number of halogens is 1. The first-order valence-electron chi connectivity index (χ1n) is 7.30. The predicted molar refractivity (Wildman–Crippen MR) is 99.6 cm³/mol. The van der Waals surface area contributed by atoms with Crippen molar-refractivity contribution in [1.82, 2.24) is 0 Å². The molecular formula is C17H31ClSi2. The molecule has 0 heterocycles. The summed E-state index contributed by atoms with van der Waals surface area (Å²) in [6.45, 7) is 22.8. The van der Waals surface area contributed by atoms with E-state index in [1.807, 2.05) is 0 Å². The van der Waals surface area contributed by atoms with E-state index >= 15 is 0 Å². The zero-order chi connectivity index (χ0) is 16.4. The zero-order valence-corrected chi connectivity index (χ0v) is 17.7. The van der Waals surface area contributed by atoms with Crippen molar-refractivity contribution < 1.29 is 0 Å². The van der Waals surface area contributed by atoms with Gasteiger partial charge in [0.2, 0.25) is 0 Å². The molecule has 0 nitrogen and oxygen atoms in total. The smallest absolute Gasteiger partial charge is 0.129 e. The Morgan fingerprint density at radius 2 is 0.950 bits per heavy atom. The van der Waals surface area contributed by atoms with Gasteiger partial charge in [-0.3, -0.25) is 0 Å². The van der Waals surface area contributed by atoms with Crippen LogP contribution in [-0.4, -0.2) is 21.5 Å². The molecule has 0 saturated carbocycles. The first-order chi connectivity index (χ1) is 8.60. The van der Waals surface area contributed by atoms with Crippen LogP contribution in [0.25, 0.3) is 0 Å². The highest BCUT2D eigenvalue weighted by atomic mass is 35.5. The van der Waals surface area contributed by atoms with Gasteiger partial charge in [-0.15, -0.1) is 11.1 Å². The maximum Gasteiger partial charge on any atom is 0.153 e. The number of alkyl halides is 1. The molecule has 20 heavy (non-hydrogen) atoms. The highest BCUT2D eigenvalue weighted by molar-refractivity contribution is 6.88. The van der Waals surface area contributed by atoms with Gasteiger partial charge in [0.1, 0.15) is 16.1 Å². The molecule has 0 aliphatic carbocycles. The standard InChI is InChI=1S/C17H31ClSi2/c1-16(2,3)19(7,8)13-11-15(18)12-14-20(9,10)17(4,5)6/h15H,1-10H3. The van der Waals surface area contributed by atoms with E-state index in [-0.39, 0.29) is 15.5 Å². The van der Waals surface area contributed by atoms with Gasteiger partial charge in [-0.2, -0.15) is 0 Å². The fourth-order valence-electron chi connectivity index (χ4n) is 0.899. The summed E-state index contributed by atoms with van der Waals surface area (Å²) in [5.41, 5.74) is 6.89. The van der Waals surface area contributed by atoms with E-state index in [0.717, 1.165) is 0 Å². The third-order valence-electron chi connectivity index (χ3n) is 4.77. The second kappa shape index (κ2) is 6.31. The first-order valence-corrected chi connectivity index (χ1v) is 13.7. The van der Waals surface area contributed by atoms with Crippen molar-refractivity contribution in [3.05, 3.63) is 0 Å². The van der Waals surface area contributed by atoms with Crippen molar-refractivity contribution in [3.63, 3.8) is 0 Å². The first kappa shape index (κ1) is 19.8. The summed E-state index contributed by atoms with van der Waals surface area (Å²) in [4.78, 5) is 0. The lowest BCUT2D eigenvalue weighted by molar-refractivity contribution is 0.731. The average Bonchev–Trinajstić information content (AvgIpc) is 2.20. The maximum absolute atomic E-state index is 6.29. The van der Waals surface area contributed by atoms with E-state index in [2.05, 4.69) is 90.7 Å². The zero-order valence-electron chi connectivity index (χ0n) is 15.0. The normalized spacial score (nSPS) is 13.4. The Morgan fingerprint density at radius 3 is 1.15 bits per heavy atom. The lowest BCUT2D eigenvalue weighted by Crippen LogP contribution is -2.36. The van der Waals surface area contributed by atoms with Gasteiger partial charge in [-0.05, 0) is 10.1 Å². The van der Waals surface area contributed by atoms with Crippen LogP contribution in [0.1, 0.15) is 41.5 Å². The molecule has 0 radical (unpaired) electrons. The van der Waals surface area contributed by atoms with E-state index in [1.165, 1.54) is 0 Å². The molecule has 0 amide bonds. The lowest BCUT2D eigenvalue weighted by Gasteiger charge is -2.32. The molecule has 0 spiro atoms. The van der Waals surface area contributed by atoms with Crippen molar-refractivity contribution in [2.75, 3.05) is 0 Å². The maximum atomic E-state index is 6.29.